The van der Waals surface area contributed by atoms with E-state index in [1.807, 2.05) is 19.9 Å². The van der Waals surface area contributed by atoms with Crippen molar-refractivity contribution in [2.45, 2.75) is 39.0 Å². The molecule has 0 radical (unpaired) electrons. The third-order valence-electron chi connectivity index (χ3n) is 3.46. The SMILES string of the molecule is Cc1cc(CNC(=O)N2CC(O)C[C@H]2C(=O)O)sc1C. The van der Waals surface area contributed by atoms with Gasteiger partial charge >= 0.3 is 12.0 Å². The molecule has 0 saturated carbocycles. The number of carboxylic acid groups (broad SMARTS) is 1. The fourth-order valence-electron chi connectivity index (χ4n) is 2.27. The van der Waals surface area contributed by atoms with Gasteiger partial charge in [-0.1, -0.05) is 0 Å². The number of aryl methyl sites for hydroxylation is 2. The van der Waals surface area contributed by atoms with Crippen molar-refractivity contribution < 1.29 is 19.8 Å². The predicted molar refractivity (Wildman–Crippen MR) is 74.8 cm³/mol. The first kappa shape index (κ1) is 14.8. The minimum absolute atomic E-state index is 0.0608. The predicted octanol–water partition coefficient (Wildman–Crippen LogP) is 1.09. The average Bonchev–Trinajstić information content (AvgIpc) is 2.91. The molecular formula is C13H18N2O4S. The van der Waals surface area contributed by atoms with Gasteiger partial charge in [-0.25, -0.2) is 9.59 Å². The van der Waals surface area contributed by atoms with Crippen LogP contribution in [0.5, 0.6) is 0 Å². The summed E-state index contributed by atoms with van der Waals surface area (Å²) in [4.78, 5) is 26.5. The van der Waals surface area contributed by atoms with E-state index in [1.54, 1.807) is 11.3 Å². The number of hydrogen-bond donors (Lipinski definition) is 3. The monoisotopic (exact) mass is 298 g/mol. The van der Waals surface area contributed by atoms with Crippen LogP contribution in [0.4, 0.5) is 4.79 Å². The Labute approximate surface area is 121 Å². The molecule has 1 fully saturated rings. The second kappa shape index (κ2) is 5.80. The van der Waals surface area contributed by atoms with Crippen molar-refractivity contribution >= 4 is 23.3 Å². The van der Waals surface area contributed by atoms with Crippen molar-refractivity contribution in [2.24, 2.45) is 0 Å². The third-order valence-corrected chi connectivity index (χ3v) is 4.61. The lowest BCUT2D eigenvalue weighted by Gasteiger charge is -2.21. The molecule has 0 aromatic carbocycles. The number of aliphatic hydroxyl groups is 1. The zero-order valence-electron chi connectivity index (χ0n) is 11.4. The van der Waals surface area contributed by atoms with E-state index in [0.29, 0.717) is 6.54 Å². The number of nitrogens with one attached hydrogen (secondary N) is 1. The molecule has 20 heavy (non-hydrogen) atoms. The van der Waals surface area contributed by atoms with Gasteiger partial charge in [-0.15, -0.1) is 11.3 Å². The molecule has 6 nitrogen and oxygen atoms in total. The number of carboxylic acids is 1. The minimum atomic E-state index is -1.08. The molecule has 0 aliphatic carbocycles. The molecule has 0 spiro atoms. The van der Waals surface area contributed by atoms with E-state index in [1.165, 1.54) is 15.3 Å². The topological polar surface area (TPSA) is 89.9 Å². The lowest BCUT2D eigenvalue weighted by Crippen LogP contribution is -2.45. The van der Waals surface area contributed by atoms with Gasteiger partial charge in [0, 0.05) is 22.7 Å². The Morgan fingerprint density at radius 3 is 2.75 bits per heavy atom. The second-order valence-electron chi connectivity index (χ2n) is 5.01. The number of aliphatic carboxylic acids is 1. The summed E-state index contributed by atoms with van der Waals surface area (Å²) in [5.74, 6) is -1.08. The Balaban J connectivity index is 1.95. The Morgan fingerprint density at radius 2 is 2.20 bits per heavy atom. The van der Waals surface area contributed by atoms with E-state index >= 15 is 0 Å². The first-order chi connectivity index (χ1) is 9.38. The van der Waals surface area contributed by atoms with E-state index in [0.717, 1.165) is 4.88 Å². The van der Waals surface area contributed by atoms with Gasteiger partial charge in [0.15, 0.2) is 0 Å². The van der Waals surface area contributed by atoms with Crippen LogP contribution in [0.1, 0.15) is 21.7 Å². The summed E-state index contributed by atoms with van der Waals surface area (Å²) < 4.78 is 0. The molecule has 2 heterocycles. The highest BCUT2D eigenvalue weighted by Crippen LogP contribution is 2.21. The lowest BCUT2D eigenvalue weighted by atomic mass is 10.2. The van der Waals surface area contributed by atoms with Gasteiger partial charge < -0.3 is 20.4 Å². The molecule has 0 bridgehead atoms. The number of urea groups is 1. The van der Waals surface area contributed by atoms with Crippen LogP contribution in [0.25, 0.3) is 0 Å². The van der Waals surface area contributed by atoms with Gasteiger partial charge in [0.25, 0.3) is 0 Å². The second-order valence-corrected chi connectivity index (χ2v) is 6.35. The molecule has 1 saturated heterocycles. The van der Waals surface area contributed by atoms with Gasteiger partial charge in [-0.3, -0.25) is 0 Å². The molecular weight excluding hydrogens is 280 g/mol. The summed E-state index contributed by atoms with van der Waals surface area (Å²) >= 11 is 1.61. The normalized spacial score (nSPS) is 22.1. The molecule has 2 amide bonds. The minimum Gasteiger partial charge on any atom is -0.480 e. The Kier molecular flexibility index (Phi) is 4.29. The number of nitrogens with zero attached hydrogens (tertiary/aromatic N) is 1. The van der Waals surface area contributed by atoms with Crippen molar-refractivity contribution in [2.75, 3.05) is 6.54 Å². The summed E-state index contributed by atoms with van der Waals surface area (Å²) in [6.45, 7) is 4.46. The van der Waals surface area contributed by atoms with Crippen LogP contribution in [-0.2, 0) is 11.3 Å². The quantitative estimate of drug-likeness (QED) is 0.779. The first-order valence-electron chi connectivity index (χ1n) is 6.39. The lowest BCUT2D eigenvalue weighted by molar-refractivity contribution is -0.141. The van der Waals surface area contributed by atoms with Gasteiger partial charge in [-0.05, 0) is 25.5 Å². The van der Waals surface area contributed by atoms with Crippen LogP contribution in [0.3, 0.4) is 0 Å². The summed E-state index contributed by atoms with van der Waals surface area (Å²) in [5, 5.41) is 21.3. The maximum Gasteiger partial charge on any atom is 0.326 e. The highest BCUT2D eigenvalue weighted by molar-refractivity contribution is 7.12. The smallest absolute Gasteiger partial charge is 0.326 e. The molecule has 7 heteroatoms. The van der Waals surface area contributed by atoms with E-state index in [9.17, 15) is 14.7 Å². The molecule has 1 aromatic heterocycles. The van der Waals surface area contributed by atoms with Crippen LogP contribution >= 0.6 is 11.3 Å². The van der Waals surface area contributed by atoms with E-state index in [4.69, 9.17) is 5.11 Å². The molecule has 1 aromatic rings. The van der Waals surface area contributed by atoms with Crippen LogP contribution in [0.2, 0.25) is 0 Å². The molecule has 3 N–H and O–H groups in total. The third kappa shape index (κ3) is 3.10. The number of amides is 2. The van der Waals surface area contributed by atoms with E-state index in [2.05, 4.69) is 5.32 Å². The summed E-state index contributed by atoms with van der Waals surface area (Å²) in [5.41, 5.74) is 1.18. The summed E-state index contributed by atoms with van der Waals surface area (Å²) in [6.07, 6.45) is -0.687. The van der Waals surface area contributed by atoms with Crippen molar-refractivity contribution in [3.63, 3.8) is 0 Å². The molecule has 1 unspecified atom stereocenters. The van der Waals surface area contributed by atoms with Crippen molar-refractivity contribution in [1.82, 2.24) is 10.2 Å². The molecule has 2 rings (SSSR count). The number of rotatable bonds is 3. The summed E-state index contributed by atoms with van der Waals surface area (Å²) in [7, 11) is 0. The zero-order valence-corrected chi connectivity index (χ0v) is 12.2. The van der Waals surface area contributed by atoms with Crippen molar-refractivity contribution in [3.05, 3.63) is 21.4 Å². The van der Waals surface area contributed by atoms with Crippen LogP contribution in [-0.4, -0.2) is 45.8 Å². The Hall–Kier alpha value is -1.60. The molecule has 1 aliphatic heterocycles. The fraction of sp³-hybridized carbons (Fsp3) is 0.538. The number of hydrogen-bond acceptors (Lipinski definition) is 4. The van der Waals surface area contributed by atoms with Crippen LogP contribution in [0, 0.1) is 13.8 Å². The molecule has 110 valence electrons. The standard InChI is InChI=1S/C13H18N2O4S/c1-7-3-10(20-8(7)2)5-14-13(19)15-6-9(16)4-11(15)12(17)18/h3,9,11,16H,4-6H2,1-2H3,(H,14,19)(H,17,18)/t9?,11-/m0/s1. The fourth-order valence-corrected chi connectivity index (χ4v) is 3.27. The summed E-state index contributed by atoms with van der Waals surface area (Å²) in [6, 6.07) is 0.614. The number of thiophene rings is 1. The maximum atomic E-state index is 12.0. The zero-order chi connectivity index (χ0) is 14.9. The van der Waals surface area contributed by atoms with Gasteiger partial charge in [0.05, 0.1) is 12.6 Å². The molecule has 2 atom stereocenters. The van der Waals surface area contributed by atoms with Crippen molar-refractivity contribution in [3.8, 4) is 0 Å². The highest BCUT2D eigenvalue weighted by Gasteiger charge is 2.38. The number of likely N-dealkylation sites (tertiary alicyclic amines) is 1. The van der Waals surface area contributed by atoms with Gasteiger partial charge in [-0.2, -0.15) is 0 Å². The van der Waals surface area contributed by atoms with E-state index in [-0.39, 0.29) is 13.0 Å². The maximum absolute atomic E-state index is 12.0. The van der Waals surface area contributed by atoms with Crippen LogP contribution < -0.4 is 5.32 Å². The average molecular weight is 298 g/mol. The first-order valence-corrected chi connectivity index (χ1v) is 7.21. The van der Waals surface area contributed by atoms with Crippen molar-refractivity contribution in [1.29, 1.82) is 0 Å². The number of aliphatic hydroxyl groups excluding tert-OH is 1. The Morgan fingerprint density at radius 1 is 1.50 bits per heavy atom. The number of β-amino-alcohol motifs (C(OH)–C–C–N with tert-alkyl or cyclic N) is 1. The number of carbonyl (C=O) groups is 2. The Bertz CT molecular complexity index is 509. The number of carbonyl (C=O) groups excluding carboxylic acids is 1. The molecule has 1 aliphatic rings. The van der Waals surface area contributed by atoms with Crippen LogP contribution in [0.15, 0.2) is 6.07 Å². The van der Waals surface area contributed by atoms with Gasteiger partial charge in [0.2, 0.25) is 0 Å². The van der Waals surface area contributed by atoms with E-state index < -0.39 is 24.1 Å². The van der Waals surface area contributed by atoms with Gasteiger partial charge in [0.1, 0.15) is 6.04 Å². The highest BCUT2D eigenvalue weighted by atomic mass is 32.1. The largest absolute Gasteiger partial charge is 0.480 e.